The van der Waals surface area contributed by atoms with E-state index in [0.29, 0.717) is 0 Å². The van der Waals surface area contributed by atoms with Gasteiger partial charge in [0.25, 0.3) is 37.7 Å². The summed E-state index contributed by atoms with van der Waals surface area (Å²) in [4.78, 5) is 34.6. The van der Waals surface area contributed by atoms with Gasteiger partial charge in [0.05, 0.1) is 22.5 Å². The third-order valence-corrected chi connectivity index (χ3v) is 7.55. The van der Waals surface area contributed by atoms with Gasteiger partial charge in [-0.05, 0) is 18.2 Å². The minimum Gasteiger partial charge on any atom is -0.344 e. The highest BCUT2D eigenvalue weighted by Gasteiger charge is 2.25. The number of fused-ring (bicyclic) bond motifs is 1. The lowest BCUT2D eigenvalue weighted by atomic mass is 10.1. The Hall–Kier alpha value is -4.58. The molecule has 2 aromatic carbocycles. The largest absolute Gasteiger partial charge is 0.344 e. The van der Waals surface area contributed by atoms with Gasteiger partial charge in [0.2, 0.25) is 0 Å². The summed E-state index contributed by atoms with van der Waals surface area (Å²) in [5.41, 5.74) is -0.608. The minimum atomic E-state index is -5.02. The molecule has 0 radical (unpaired) electrons. The number of amides is 2. The van der Waals surface area contributed by atoms with Gasteiger partial charge in [-0.2, -0.15) is 16.8 Å². The van der Waals surface area contributed by atoms with Gasteiger partial charge in [0.15, 0.2) is 0 Å². The van der Waals surface area contributed by atoms with Crippen LogP contribution in [0.4, 0.5) is 17.1 Å². The second-order valence-corrected chi connectivity index (χ2v) is 11.1. The predicted octanol–water partition coefficient (Wildman–Crippen LogP) is 2.42. The Balaban J connectivity index is 1.67. The van der Waals surface area contributed by atoms with Crippen molar-refractivity contribution in [2.24, 2.45) is 14.1 Å². The maximum atomic E-state index is 13.0. The molecule has 0 aliphatic rings. The van der Waals surface area contributed by atoms with E-state index in [2.05, 4.69) is 10.6 Å². The Labute approximate surface area is 220 Å². The van der Waals surface area contributed by atoms with Crippen LogP contribution in [-0.2, 0) is 34.3 Å². The molecule has 2 amide bonds. The van der Waals surface area contributed by atoms with Crippen LogP contribution in [0.1, 0.15) is 21.0 Å². The molecule has 15 nitrogen and oxygen atoms in total. The number of aryl methyl sites for hydroxylation is 2. The Morgan fingerprint density at radius 3 is 2.05 bits per heavy atom. The lowest BCUT2D eigenvalue weighted by molar-refractivity contribution is -0.384. The molecule has 0 aliphatic heterocycles. The summed E-state index contributed by atoms with van der Waals surface area (Å²) in [6, 6.07) is 7.92. The number of carbonyl (C=O) groups is 2. The van der Waals surface area contributed by atoms with Gasteiger partial charge in [0, 0.05) is 37.1 Å². The lowest BCUT2D eigenvalue weighted by Gasteiger charge is -2.13. The number of nitrogens with zero attached hydrogens (tertiary/aromatic N) is 3. The van der Waals surface area contributed by atoms with Gasteiger partial charge in [-0.25, -0.2) is 0 Å². The first-order valence-electron chi connectivity index (χ1n) is 10.7. The minimum absolute atomic E-state index is 0.0187. The van der Waals surface area contributed by atoms with Gasteiger partial charge >= 0.3 is 0 Å². The molecule has 204 valence electrons. The molecular formula is C22H19N5O10S2. The summed E-state index contributed by atoms with van der Waals surface area (Å²) in [6.07, 6.45) is 2.53. The molecule has 0 aliphatic carbocycles. The van der Waals surface area contributed by atoms with Crippen LogP contribution in [-0.4, -0.2) is 51.8 Å². The summed E-state index contributed by atoms with van der Waals surface area (Å²) >= 11 is 0. The third-order valence-electron chi connectivity index (χ3n) is 5.69. The molecule has 2 aromatic heterocycles. The predicted molar refractivity (Wildman–Crippen MR) is 137 cm³/mol. The fourth-order valence-corrected chi connectivity index (χ4v) is 5.57. The van der Waals surface area contributed by atoms with Crippen LogP contribution >= 0.6 is 0 Å². The van der Waals surface area contributed by atoms with E-state index in [0.717, 1.165) is 36.5 Å². The van der Waals surface area contributed by atoms with Crippen molar-refractivity contribution in [3.8, 4) is 0 Å². The van der Waals surface area contributed by atoms with E-state index in [1.54, 1.807) is 0 Å². The van der Waals surface area contributed by atoms with E-state index >= 15 is 0 Å². The number of aromatic nitrogens is 2. The number of nitro groups is 1. The van der Waals surface area contributed by atoms with Crippen LogP contribution in [0.15, 0.2) is 64.6 Å². The molecule has 4 rings (SSSR count). The number of hydrogen-bond acceptors (Lipinski definition) is 8. The van der Waals surface area contributed by atoms with Crippen LogP contribution in [0.2, 0.25) is 0 Å². The number of rotatable bonds is 7. The van der Waals surface area contributed by atoms with Crippen molar-refractivity contribution in [2.45, 2.75) is 9.79 Å². The average Bonchev–Trinajstić information content (AvgIpc) is 3.39. The smallest absolute Gasteiger partial charge is 0.297 e. The molecule has 0 fully saturated rings. The number of nitrogens with one attached hydrogen (secondary N) is 2. The molecule has 2 heterocycles. The monoisotopic (exact) mass is 577 g/mol. The summed E-state index contributed by atoms with van der Waals surface area (Å²) < 4.78 is 69.9. The molecular weight excluding hydrogens is 558 g/mol. The molecule has 4 N–H and O–H groups in total. The van der Waals surface area contributed by atoms with E-state index in [4.69, 9.17) is 0 Å². The van der Waals surface area contributed by atoms with Crippen molar-refractivity contribution in [3.05, 3.63) is 76.4 Å². The highest BCUT2D eigenvalue weighted by Crippen LogP contribution is 2.34. The molecule has 17 heteroatoms. The summed E-state index contributed by atoms with van der Waals surface area (Å²) in [5.74, 6) is -1.55. The Morgan fingerprint density at radius 1 is 0.846 bits per heavy atom. The normalized spacial score (nSPS) is 11.9. The maximum absolute atomic E-state index is 13.0. The van der Waals surface area contributed by atoms with Gasteiger partial charge in [-0.15, -0.1) is 0 Å². The first kappa shape index (κ1) is 27.5. The molecule has 0 saturated heterocycles. The van der Waals surface area contributed by atoms with Crippen LogP contribution in [0.3, 0.4) is 0 Å². The molecule has 0 spiro atoms. The highest BCUT2D eigenvalue weighted by molar-refractivity contribution is 7.86. The number of benzene rings is 2. The Morgan fingerprint density at radius 2 is 1.46 bits per heavy atom. The second-order valence-electron chi connectivity index (χ2n) is 8.33. The van der Waals surface area contributed by atoms with Crippen molar-refractivity contribution >= 4 is 59.9 Å². The quantitative estimate of drug-likeness (QED) is 0.143. The van der Waals surface area contributed by atoms with E-state index in [1.807, 2.05) is 0 Å². The van der Waals surface area contributed by atoms with Crippen LogP contribution in [0.5, 0.6) is 0 Å². The zero-order valence-electron chi connectivity index (χ0n) is 20.0. The lowest BCUT2D eigenvalue weighted by Crippen LogP contribution is -2.17. The van der Waals surface area contributed by atoms with Gasteiger partial charge in [-0.3, -0.25) is 28.8 Å². The molecule has 0 unspecified atom stereocenters. The van der Waals surface area contributed by atoms with Crippen LogP contribution < -0.4 is 10.6 Å². The standard InChI is InChI=1S/C22H19N5O10S2/c1-25-10-12(23-21(28)18-9-13(27(30)31)11-26(18)2)8-17(25)22(29)24-16-7-6-14-15(20(16)39(35,36)37)4-3-5-19(14)38(32,33)34/h3-11H,1-2H3,(H,23,28)(H,24,29)(H,32,33,34)(H,35,36,37). The first-order valence-corrected chi connectivity index (χ1v) is 13.6. The fraction of sp³-hybridized carbons (Fsp3) is 0.0909. The Bertz CT molecular complexity index is 1910. The SMILES string of the molecule is Cn1cc([N+](=O)[O-])cc1C(=O)Nc1cc(C(=O)Nc2ccc3c(S(=O)(=O)O)cccc3c2S(=O)(=O)O)n(C)c1. The van der Waals surface area contributed by atoms with Crippen molar-refractivity contribution in [3.63, 3.8) is 0 Å². The van der Waals surface area contributed by atoms with E-state index in [-0.39, 0.29) is 39.2 Å². The summed E-state index contributed by atoms with van der Waals surface area (Å²) in [5, 5.41) is 15.3. The van der Waals surface area contributed by atoms with Crippen LogP contribution in [0, 0.1) is 10.1 Å². The van der Waals surface area contributed by atoms with Gasteiger partial charge in [0.1, 0.15) is 21.2 Å². The van der Waals surface area contributed by atoms with Gasteiger partial charge < -0.3 is 19.8 Å². The highest BCUT2D eigenvalue weighted by atomic mass is 32.2. The van der Waals surface area contributed by atoms with Crippen molar-refractivity contribution in [2.75, 3.05) is 10.6 Å². The van der Waals surface area contributed by atoms with E-state index in [9.17, 15) is 45.6 Å². The maximum Gasteiger partial charge on any atom is 0.297 e. The topological polar surface area (TPSA) is 220 Å². The number of hydrogen-bond donors (Lipinski definition) is 4. The van der Waals surface area contributed by atoms with Gasteiger partial charge in [-0.1, -0.05) is 18.2 Å². The molecule has 0 bridgehead atoms. The summed E-state index contributed by atoms with van der Waals surface area (Å²) in [6.45, 7) is 0. The zero-order valence-corrected chi connectivity index (χ0v) is 21.6. The van der Waals surface area contributed by atoms with Crippen molar-refractivity contribution < 1.29 is 40.5 Å². The molecule has 0 saturated carbocycles. The van der Waals surface area contributed by atoms with Crippen molar-refractivity contribution in [1.29, 1.82) is 0 Å². The Kier molecular flexibility index (Phi) is 6.77. The number of carbonyl (C=O) groups excluding carboxylic acids is 2. The third kappa shape index (κ3) is 5.36. The van der Waals surface area contributed by atoms with E-state index in [1.165, 1.54) is 41.6 Å². The molecule has 4 aromatic rings. The second kappa shape index (κ2) is 9.62. The fourth-order valence-electron chi connectivity index (χ4n) is 4.02. The van der Waals surface area contributed by atoms with Crippen molar-refractivity contribution in [1.82, 2.24) is 9.13 Å². The summed E-state index contributed by atoms with van der Waals surface area (Å²) in [7, 11) is -6.86. The first-order chi connectivity index (χ1) is 18.1. The van der Waals surface area contributed by atoms with Crippen LogP contribution in [0.25, 0.3) is 10.8 Å². The van der Waals surface area contributed by atoms with E-state index < -0.39 is 46.8 Å². The molecule has 39 heavy (non-hydrogen) atoms. The zero-order chi connectivity index (χ0) is 28.9. The molecule has 0 atom stereocenters. The average molecular weight is 578 g/mol. The number of anilines is 2.